The Morgan fingerprint density at radius 3 is 2.65 bits per heavy atom. The van der Waals surface area contributed by atoms with Gasteiger partial charge in [0.15, 0.2) is 0 Å². The highest BCUT2D eigenvalue weighted by Gasteiger charge is 2.21. The third-order valence-corrected chi connectivity index (χ3v) is 7.67. The molecule has 0 spiro atoms. The number of aryl methyl sites for hydroxylation is 1. The Morgan fingerprint density at radius 1 is 1.11 bits per heavy atom. The molecule has 37 heavy (non-hydrogen) atoms. The minimum absolute atomic E-state index is 0.121. The Morgan fingerprint density at radius 2 is 1.89 bits per heavy atom. The SMILES string of the molecule is CNC(=O)C1=CC(Oc2ccc3c(c2)N=C(c2ccc(CN4CCCCC4)cc2)C(C)CC3)=CCN1C. The first-order valence-electron chi connectivity index (χ1n) is 13.6. The van der Waals surface area contributed by atoms with E-state index in [2.05, 4.69) is 47.5 Å². The van der Waals surface area contributed by atoms with Crippen molar-refractivity contribution in [3.05, 3.63) is 82.8 Å². The number of fused-ring (bicyclic) bond motifs is 1. The summed E-state index contributed by atoms with van der Waals surface area (Å²) >= 11 is 0. The van der Waals surface area contributed by atoms with Crippen molar-refractivity contribution in [2.24, 2.45) is 10.9 Å². The fourth-order valence-corrected chi connectivity index (χ4v) is 5.38. The second kappa shape index (κ2) is 11.3. The summed E-state index contributed by atoms with van der Waals surface area (Å²) in [6.07, 6.45) is 9.83. The number of benzene rings is 2. The first kappa shape index (κ1) is 25.3. The topological polar surface area (TPSA) is 57.2 Å². The van der Waals surface area contributed by atoms with Crippen LogP contribution < -0.4 is 10.1 Å². The molecule has 0 bridgehead atoms. The van der Waals surface area contributed by atoms with Crippen molar-refractivity contribution in [2.75, 3.05) is 33.7 Å². The Kier molecular flexibility index (Phi) is 7.75. The molecular weight excluding hydrogens is 460 g/mol. The summed E-state index contributed by atoms with van der Waals surface area (Å²) in [5.74, 6) is 1.66. The summed E-state index contributed by atoms with van der Waals surface area (Å²) in [5, 5.41) is 2.69. The number of likely N-dealkylation sites (N-methyl/N-ethyl adjacent to an activating group) is 2. The fraction of sp³-hybridized carbons (Fsp3) is 0.419. The van der Waals surface area contributed by atoms with Gasteiger partial charge in [-0.1, -0.05) is 43.7 Å². The van der Waals surface area contributed by atoms with Crippen molar-refractivity contribution in [2.45, 2.75) is 45.6 Å². The molecule has 0 radical (unpaired) electrons. The second-order valence-corrected chi connectivity index (χ2v) is 10.5. The molecule has 5 rings (SSSR count). The normalized spacial score (nSPS) is 20.2. The highest BCUT2D eigenvalue weighted by atomic mass is 16.5. The number of nitrogens with one attached hydrogen (secondary N) is 1. The number of amides is 1. The number of carbonyl (C=O) groups excluding carboxylic acids is 1. The molecule has 2 aromatic rings. The summed E-state index contributed by atoms with van der Waals surface area (Å²) in [6, 6.07) is 15.2. The van der Waals surface area contributed by atoms with Crippen molar-refractivity contribution in [1.82, 2.24) is 15.1 Å². The summed E-state index contributed by atoms with van der Waals surface area (Å²) in [6.45, 7) is 6.35. The van der Waals surface area contributed by atoms with E-state index < -0.39 is 0 Å². The van der Waals surface area contributed by atoms with E-state index in [4.69, 9.17) is 9.73 Å². The zero-order valence-electron chi connectivity index (χ0n) is 22.3. The lowest BCUT2D eigenvalue weighted by Gasteiger charge is -2.26. The smallest absolute Gasteiger partial charge is 0.267 e. The van der Waals surface area contributed by atoms with E-state index in [1.54, 1.807) is 13.1 Å². The zero-order chi connectivity index (χ0) is 25.8. The molecule has 1 saturated heterocycles. The van der Waals surface area contributed by atoms with Gasteiger partial charge in [-0.15, -0.1) is 0 Å². The molecule has 1 atom stereocenters. The van der Waals surface area contributed by atoms with Gasteiger partial charge in [0.25, 0.3) is 5.91 Å². The number of likely N-dealkylation sites (tertiary alicyclic amines) is 1. The molecule has 194 valence electrons. The van der Waals surface area contributed by atoms with Gasteiger partial charge in [0.1, 0.15) is 17.2 Å². The Labute approximate surface area is 220 Å². The van der Waals surface area contributed by atoms with Crippen molar-refractivity contribution in [3.8, 4) is 5.75 Å². The number of hydrogen-bond donors (Lipinski definition) is 1. The lowest BCUT2D eigenvalue weighted by molar-refractivity contribution is -0.118. The van der Waals surface area contributed by atoms with Gasteiger partial charge in [0, 0.05) is 39.3 Å². The van der Waals surface area contributed by atoms with Crippen LogP contribution in [0.1, 0.15) is 49.3 Å². The number of ether oxygens (including phenoxy) is 1. The maximum absolute atomic E-state index is 12.2. The third kappa shape index (κ3) is 5.96. The first-order chi connectivity index (χ1) is 18.0. The molecule has 6 nitrogen and oxygen atoms in total. The maximum Gasteiger partial charge on any atom is 0.267 e. The van der Waals surface area contributed by atoms with Crippen LogP contribution in [0.3, 0.4) is 0 Å². The average Bonchev–Trinajstić information content (AvgIpc) is 3.09. The summed E-state index contributed by atoms with van der Waals surface area (Å²) < 4.78 is 6.20. The minimum atomic E-state index is -0.121. The van der Waals surface area contributed by atoms with Crippen LogP contribution in [0, 0.1) is 5.92 Å². The number of carbonyl (C=O) groups is 1. The second-order valence-electron chi connectivity index (χ2n) is 10.5. The van der Waals surface area contributed by atoms with Crippen molar-refractivity contribution < 1.29 is 9.53 Å². The Balaban J connectivity index is 1.36. The molecule has 1 amide bonds. The molecule has 0 saturated carbocycles. The largest absolute Gasteiger partial charge is 0.457 e. The van der Waals surface area contributed by atoms with Crippen LogP contribution in [0.4, 0.5) is 5.69 Å². The monoisotopic (exact) mass is 498 g/mol. The zero-order valence-corrected chi connectivity index (χ0v) is 22.3. The van der Waals surface area contributed by atoms with Gasteiger partial charge in [0.2, 0.25) is 0 Å². The van der Waals surface area contributed by atoms with Crippen molar-refractivity contribution >= 4 is 17.3 Å². The predicted octanol–water partition coefficient (Wildman–Crippen LogP) is 5.21. The first-order valence-corrected chi connectivity index (χ1v) is 13.6. The van der Waals surface area contributed by atoms with E-state index in [1.807, 2.05) is 30.2 Å². The average molecular weight is 499 g/mol. The molecule has 3 heterocycles. The van der Waals surface area contributed by atoms with Gasteiger partial charge in [-0.25, -0.2) is 0 Å². The molecule has 1 unspecified atom stereocenters. The van der Waals surface area contributed by atoms with Crippen molar-refractivity contribution in [1.29, 1.82) is 0 Å². The van der Waals surface area contributed by atoms with Gasteiger partial charge in [-0.05, 0) is 73.5 Å². The Bertz CT molecular complexity index is 1220. The summed E-state index contributed by atoms with van der Waals surface area (Å²) in [4.78, 5) is 21.8. The van der Waals surface area contributed by atoms with E-state index in [0.29, 0.717) is 23.9 Å². The van der Waals surface area contributed by atoms with Crippen LogP contribution >= 0.6 is 0 Å². The maximum atomic E-state index is 12.2. The number of hydrogen-bond acceptors (Lipinski definition) is 5. The molecule has 2 aromatic carbocycles. The predicted molar refractivity (Wildman–Crippen MR) is 149 cm³/mol. The van der Waals surface area contributed by atoms with Crippen LogP contribution in [0.2, 0.25) is 0 Å². The molecule has 1 fully saturated rings. The summed E-state index contributed by atoms with van der Waals surface area (Å²) in [7, 11) is 3.54. The van der Waals surface area contributed by atoms with E-state index in [0.717, 1.165) is 36.5 Å². The van der Waals surface area contributed by atoms with E-state index >= 15 is 0 Å². The number of allylic oxidation sites excluding steroid dienone is 1. The highest BCUT2D eigenvalue weighted by Crippen LogP contribution is 2.33. The molecular formula is C31H38N4O2. The van der Waals surface area contributed by atoms with E-state index in [-0.39, 0.29) is 5.91 Å². The molecule has 6 heteroatoms. The van der Waals surface area contributed by atoms with E-state index in [1.165, 1.54) is 49.0 Å². The van der Waals surface area contributed by atoms with E-state index in [9.17, 15) is 4.79 Å². The number of nitrogens with zero attached hydrogens (tertiary/aromatic N) is 3. The van der Waals surface area contributed by atoms with Crippen LogP contribution in [0.25, 0.3) is 0 Å². The third-order valence-electron chi connectivity index (χ3n) is 7.67. The highest BCUT2D eigenvalue weighted by molar-refractivity contribution is 6.04. The standard InChI is InChI=1S/C31H38N4O2/c1-22-7-10-24-13-14-26(37-27-15-18-34(3)29(20-27)31(36)32-2)19-28(24)33-30(22)25-11-8-23(9-12-25)21-35-16-5-4-6-17-35/h8-9,11-15,19-20,22H,4-7,10,16-18,21H2,1-3H3,(H,32,36). The quantitative estimate of drug-likeness (QED) is 0.594. The van der Waals surface area contributed by atoms with Gasteiger partial charge >= 0.3 is 0 Å². The summed E-state index contributed by atoms with van der Waals surface area (Å²) in [5.41, 5.74) is 6.52. The molecule has 0 aliphatic carbocycles. The number of aliphatic imine (C=N–C) groups is 1. The van der Waals surface area contributed by atoms with Gasteiger partial charge in [-0.3, -0.25) is 14.7 Å². The van der Waals surface area contributed by atoms with Crippen LogP contribution in [0.15, 0.2) is 71.1 Å². The lowest BCUT2D eigenvalue weighted by Crippen LogP contribution is -2.33. The van der Waals surface area contributed by atoms with Gasteiger partial charge < -0.3 is 15.0 Å². The lowest BCUT2D eigenvalue weighted by atomic mass is 9.93. The number of piperidine rings is 1. The Hall–Kier alpha value is -3.38. The van der Waals surface area contributed by atoms with Gasteiger partial charge in [-0.2, -0.15) is 0 Å². The molecule has 0 aromatic heterocycles. The van der Waals surface area contributed by atoms with Crippen molar-refractivity contribution in [3.63, 3.8) is 0 Å². The van der Waals surface area contributed by atoms with Gasteiger partial charge in [0.05, 0.1) is 11.4 Å². The number of rotatable bonds is 6. The van der Waals surface area contributed by atoms with Crippen LogP contribution in [0.5, 0.6) is 5.75 Å². The molecule has 3 aliphatic heterocycles. The minimum Gasteiger partial charge on any atom is -0.457 e. The molecule has 1 N–H and O–H groups in total. The van der Waals surface area contributed by atoms with Crippen LogP contribution in [-0.2, 0) is 17.8 Å². The molecule has 3 aliphatic rings. The fourth-order valence-electron chi connectivity index (χ4n) is 5.38. The van der Waals surface area contributed by atoms with Crippen LogP contribution in [-0.4, -0.2) is 55.1 Å².